The zero-order chi connectivity index (χ0) is 5.82. The normalized spacial score (nSPS) is 8.56. The Bertz CT molecular complexity index is 130. The Hall–Kier alpha value is -0.0526. The summed E-state index contributed by atoms with van der Waals surface area (Å²) in [6.07, 6.45) is 2.48. The fourth-order valence-electron chi connectivity index (χ4n) is 0.869. The first-order valence-electron chi connectivity index (χ1n) is 3.14. The van der Waals surface area contributed by atoms with E-state index in [0.717, 1.165) is 0 Å². The van der Waals surface area contributed by atoms with Gasteiger partial charge in [-0.25, -0.2) is 12.1 Å². The number of rotatable bonds is 2. The molecule has 0 unspecified atom stereocenters. The third-order valence-corrected chi connectivity index (χ3v) is 1.27. The molecule has 0 saturated heterocycles. The van der Waals surface area contributed by atoms with Crippen molar-refractivity contribution in [1.29, 1.82) is 0 Å². The summed E-state index contributed by atoms with van der Waals surface area (Å²) in [5.74, 6) is 0. The van der Waals surface area contributed by atoms with Crippen molar-refractivity contribution >= 4 is 0 Å². The van der Waals surface area contributed by atoms with Gasteiger partial charge in [0.2, 0.25) is 0 Å². The third-order valence-electron chi connectivity index (χ3n) is 1.27. The van der Waals surface area contributed by atoms with Crippen LogP contribution in [0.4, 0.5) is 0 Å². The molecule has 1 rings (SSSR count). The average Bonchev–Trinajstić information content (AvgIpc) is 2.19. The van der Waals surface area contributed by atoms with Gasteiger partial charge in [0.15, 0.2) is 0 Å². The third kappa shape index (κ3) is 2.84. The van der Waals surface area contributed by atoms with E-state index in [0.29, 0.717) is 0 Å². The van der Waals surface area contributed by atoms with Crippen LogP contribution in [0.2, 0.25) is 0 Å². The van der Waals surface area contributed by atoms with Crippen LogP contribution in [-0.4, -0.2) is 0 Å². The fraction of sp³-hybridized carbons (Fsp3) is 0.375. The van der Waals surface area contributed by atoms with E-state index >= 15 is 0 Å². The van der Waals surface area contributed by atoms with E-state index in [4.69, 9.17) is 0 Å². The van der Waals surface area contributed by atoms with Gasteiger partial charge >= 0.3 is 18.9 Å². The molecule has 9 heavy (non-hydrogen) atoms. The number of hydrogen-bond acceptors (Lipinski definition) is 0. The summed E-state index contributed by atoms with van der Waals surface area (Å²) in [6.45, 7) is 2.20. The van der Waals surface area contributed by atoms with Crippen molar-refractivity contribution in [3.8, 4) is 0 Å². The van der Waals surface area contributed by atoms with Gasteiger partial charge in [-0.3, -0.25) is 0 Å². The van der Waals surface area contributed by atoms with Gasteiger partial charge in [-0.05, 0) is 0 Å². The predicted octanol–water partition coefficient (Wildman–Crippen LogP) is -0.638. The Morgan fingerprint density at radius 2 is 1.78 bits per heavy atom. The van der Waals surface area contributed by atoms with Crippen molar-refractivity contribution < 1.29 is 18.9 Å². The minimum atomic E-state index is 0. The Kier molecular flexibility index (Phi) is 4.76. The minimum Gasteiger partial charge on any atom is -0.213 e. The summed E-state index contributed by atoms with van der Waals surface area (Å²) < 4.78 is 0. The number of aryl methyl sites for hydroxylation is 1. The fourth-order valence-corrected chi connectivity index (χ4v) is 0.869. The molecule has 0 N–H and O–H groups in total. The molecule has 1 aromatic rings. The van der Waals surface area contributed by atoms with E-state index in [1.807, 2.05) is 0 Å². The zero-order valence-electron chi connectivity index (χ0n) is 6.22. The molecule has 0 radical (unpaired) electrons. The van der Waals surface area contributed by atoms with Crippen molar-refractivity contribution in [2.24, 2.45) is 0 Å². The second-order valence-electron chi connectivity index (χ2n) is 2.04. The van der Waals surface area contributed by atoms with Gasteiger partial charge in [-0.2, -0.15) is 17.7 Å². The molecular weight excluding hydrogens is 103 g/mol. The molecule has 0 aliphatic heterocycles. The molecule has 1 aromatic carbocycles. The van der Waals surface area contributed by atoms with Crippen LogP contribution in [0.5, 0.6) is 0 Å². The first-order chi connectivity index (χ1) is 3.93. The summed E-state index contributed by atoms with van der Waals surface area (Å²) >= 11 is 0. The Morgan fingerprint density at radius 3 is 2.22 bits per heavy atom. The smallest absolute Gasteiger partial charge is 0.213 e. The topological polar surface area (TPSA) is 0 Å². The van der Waals surface area contributed by atoms with Gasteiger partial charge in [0, 0.05) is 0 Å². The van der Waals surface area contributed by atoms with Crippen LogP contribution in [0, 0.1) is 0 Å². The van der Waals surface area contributed by atoms with Gasteiger partial charge in [0.25, 0.3) is 0 Å². The molecule has 44 valence electrons. The van der Waals surface area contributed by atoms with Crippen LogP contribution in [0.25, 0.3) is 0 Å². The van der Waals surface area contributed by atoms with Gasteiger partial charge < -0.3 is 0 Å². The van der Waals surface area contributed by atoms with Gasteiger partial charge in [0.1, 0.15) is 0 Å². The van der Waals surface area contributed by atoms with Crippen LogP contribution in [0.1, 0.15) is 18.9 Å². The number of hydrogen-bond donors (Lipinski definition) is 0. The molecule has 0 aliphatic rings. The summed E-state index contributed by atoms with van der Waals surface area (Å²) in [4.78, 5) is 0. The molecule has 0 aliphatic carbocycles. The van der Waals surface area contributed by atoms with Crippen LogP contribution in [-0.2, 0) is 6.42 Å². The molecule has 0 amide bonds. The molecular formula is C8H11Li. The van der Waals surface area contributed by atoms with Crippen molar-refractivity contribution in [1.82, 2.24) is 0 Å². The molecule has 1 heteroatoms. The molecule has 0 saturated carbocycles. The maximum Gasteiger partial charge on any atom is 1.00 e. The van der Waals surface area contributed by atoms with E-state index in [1.165, 1.54) is 18.4 Å². The van der Waals surface area contributed by atoms with Crippen LogP contribution < -0.4 is 18.9 Å². The Labute approximate surface area is 68.8 Å². The summed E-state index contributed by atoms with van der Waals surface area (Å²) in [5.41, 5.74) is 1.47. The SMILES string of the molecule is CCC[c-]1cccc1.[Li+]. The van der Waals surface area contributed by atoms with Gasteiger partial charge in [-0.15, -0.1) is 0 Å². The predicted molar refractivity (Wildman–Crippen MR) is 36.0 cm³/mol. The van der Waals surface area contributed by atoms with E-state index in [2.05, 4.69) is 31.2 Å². The van der Waals surface area contributed by atoms with Crippen molar-refractivity contribution in [3.63, 3.8) is 0 Å². The van der Waals surface area contributed by atoms with E-state index in [-0.39, 0.29) is 18.9 Å². The quantitative estimate of drug-likeness (QED) is 0.354. The van der Waals surface area contributed by atoms with Crippen molar-refractivity contribution in [2.75, 3.05) is 0 Å². The first-order valence-corrected chi connectivity index (χ1v) is 3.14. The van der Waals surface area contributed by atoms with E-state index in [1.54, 1.807) is 0 Å². The molecule has 0 nitrogen and oxygen atoms in total. The molecule has 0 aromatic heterocycles. The first kappa shape index (κ1) is 8.95. The van der Waals surface area contributed by atoms with E-state index < -0.39 is 0 Å². The van der Waals surface area contributed by atoms with Crippen molar-refractivity contribution in [3.05, 3.63) is 29.8 Å². The average molecular weight is 114 g/mol. The maximum atomic E-state index is 2.20. The van der Waals surface area contributed by atoms with Gasteiger partial charge in [0.05, 0.1) is 0 Å². The van der Waals surface area contributed by atoms with Gasteiger partial charge in [-0.1, -0.05) is 19.8 Å². The summed E-state index contributed by atoms with van der Waals surface area (Å²) in [5, 5.41) is 0. The second kappa shape index (κ2) is 4.79. The molecule has 0 atom stereocenters. The monoisotopic (exact) mass is 114 g/mol. The summed E-state index contributed by atoms with van der Waals surface area (Å²) in [6, 6.07) is 8.52. The second-order valence-corrected chi connectivity index (χ2v) is 2.04. The Balaban J connectivity index is 0.000000640. The largest absolute Gasteiger partial charge is 1.00 e. The standard InChI is InChI=1S/C8H11.Li/c1-2-5-8-6-3-4-7-8;/h3-4,6-7H,2,5H2,1H3;/q-1;+1. The molecule has 0 fully saturated rings. The minimum absolute atomic E-state index is 0. The molecule has 0 bridgehead atoms. The van der Waals surface area contributed by atoms with Crippen LogP contribution >= 0.6 is 0 Å². The van der Waals surface area contributed by atoms with E-state index in [9.17, 15) is 0 Å². The van der Waals surface area contributed by atoms with Crippen LogP contribution in [0.3, 0.4) is 0 Å². The zero-order valence-corrected chi connectivity index (χ0v) is 6.22. The summed E-state index contributed by atoms with van der Waals surface area (Å²) in [7, 11) is 0. The van der Waals surface area contributed by atoms with Crippen LogP contribution in [0.15, 0.2) is 24.3 Å². The Morgan fingerprint density at radius 1 is 1.22 bits per heavy atom. The molecule has 0 spiro atoms. The molecule has 0 heterocycles. The van der Waals surface area contributed by atoms with Crippen molar-refractivity contribution in [2.45, 2.75) is 19.8 Å². The maximum absolute atomic E-state index is 2.20.